The van der Waals surface area contributed by atoms with Crippen LogP contribution in [0.1, 0.15) is 117 Å². The second kappa shape index (κ2) is 17.0. The molecule has 0 fully saturated rings. The maximum Gasteiger partial charge on any atom is 0.252 e. The maximum atomic E-state index is 2.69. The summed E-state index contributed by atoms with van der Waals surface area (Å²) in [6.07, 6.45) is 2.20. The van der Waals surface area contributed by atoms with E-state index in [1.165, 1.54) is 94.9 Å². The van der Waals surface area contributed by atoms with Crippen LogP contribution >= 0.6 is 0 Å². The van der Waals surface area contributed by atoms with Crippen LogP contribution in [0, 0.1) is 0 Å². The molecule has 0 saturated carbocycles. The lowest BCUT2D eigenvalue weighted by molar-refractivity contribution is 0.403. The zero-order chi connectivity index (χ0) is 52.7. The van der Waals surface area contributed by atoms with E-state index in [0.717, 1.165) is 35.6 Å². The van der Waals surface area contributed by atoms with Gasteiger partial charge in [0.2, 0.25) is 0 Å². The SMILES string of the molecule is CC(C)(C)c1ccc(N2c3ccc(-c4ccccc4)cc3B3c4cc5c(cc4N(c4ccc6c(c4)C(C)(C)CC6(C)C)c4cc(N(c6ccccc6)c6ccccc6)cc2c43)C(C)(C)CC5(C)C)c(-c2ccccc2)c1. The third kappa shape index (κ3) is 7.61. The smallest absolute Gasteiger partial charge is 0.252 e. The lowest BCUT2D eigenvalue weighted by atomic mass is 9.33. The van der Waals surface area contributed by atoms with Crippen LogP contribution in [0.4, 0.5) is 51.2 Å². The van der Waals surface area contributed by atoms with Crippen LogP contribution in [0.25, 0.3) is 22.3 Å². The molecule has 0 saturated heterocycles. The Hall–Kier alpha value is -7.56. The molecule has 13 rings (SSSR count). The van der Waals surface area contributed by atoms with Crippen molar-refractivity contribution in [2.75, 3.05) is 14.7 Å². The van der Waals surface area contributed by atoms with Gasteiger partial charge >= 0.3 is 0 Å². The van der Waals surface area contributed by atoms with E-state index in [0.29, 0.717) is 0 Å². The minimum Gasteiger partial charge on any atom is -0.311 e. The van der Waals surface area contributed by atoms with Gasteiger partial charge in [-0.2, -0.15) is 0 Å². The summed E-state index contributed by atoms with van der Waals surface area (Å²) < 4.78 is 0. The summed E-state index contributed by atoms with van der Waals surface area (Å²) in [4.78, 5) is 7.80. The molecule has 0 N–H and O–H groups in total. The Morgan fingerprint density at radius 1 is 0.382 bits per heavy atom. The fraction of sp³-hybridized carbons (Fsp3) is 0.250. The van der Waals surface area contributed by atoms with E-state index in [2.05, 4.69) is 291 Å². The Morgan fingerprint density at radius 2 is 0.882 bits per heavy atom. The number of benzene rings is 9. The summed E-state index contributed by atoms with van der Waals surface area (Å²) in [7, 11) is 0. The van der Waals surface area contributed by atoms with Gasteiger partial charge in [0.15, 0.2) is 0 Å². The average Bonchev–Trinajstić information content (AvgIpc) is 3.86. The highest BCUT2D eigenvalue weighted by atomic mass is 15.2. The largest absolute Gasteiger partial charge is 0.311 e. The van der Waals surface area contributed by atoms with Crippen LogP contribution in [0.5, 0.6) is 0 Å². The fourth-order valence-electron chi connectivity index (χ4n) is 14.7. The monoisotopic (exact) mass is 988 g/mol. The maximum absolute atomic E-state index is 2.69. The second-order valence-electron chi connectivity index (χ2n) is 26.1. The molecule has 9 aromatic carbocycles. The number of fused-ring (bicyclic) bond motifs is 6. The number of anilines is 9. The van der Waals surface area contributed by atoms with E-state index in [1.807, 2.05) is 0 Å². The lowest BCUT2D eigenvalue weighted by Crippen LogP contribution is -2.61. The highest BCUT2D eigenvalue weighted by Gasteiger charge is 2.49. The molecule has 2 heterocycles. The number of nitrogens with zero attached hydrogens (tertiary/aromatic N) is 3. The molecule has 0 bridgehead atoms. The highest BCUT2D eigenvalue weighted by Crippen LogP contribution is 2.56. The normalized spacial score (nSPS) is 16.9. The summed E-state index contributed by atoms with van der Waals surface area (Å²) in [5.41, 5.74) is 26.6. The van der Waals surface area contributed by atoms with Crippen LogP contribution in [-0.2, 0) is 27.1 Å². The molecule has 0 aromatic heterocycles. The number of hydrogen-bond donors (Lipinski definition) is 0. The van der Waals surface area contributed by atoms with Crippen molar-refractivity contribution in [3.8, 4) is 22.3 Å². The molecule has 0 atom stereocenters. The van der Waals surface area contributed by atoms with E-state index >= 15 is 0 Å². The van der Waals surface area contributed by atoms with Gasteiger partial charge in [-0.25, -0.2) is 0 Å². The average molecular weight is 988 g/mol. The third-order valence-corrected chi connectivity index (χ3v) is 17.7. The van der Waals surface area contributed by atoms with Gasteiger partial charge in [-0.3, -0.25) is 0 Å². The lowest BCUT2D eigenvalue weighted by Gasteiger charge is -2.46. The van der Waals surface area contributed by atoms with Crippen molar-refractivity contribution in [2.45, 2.75) is 116 Å². The molecule has 4 heteroatoms. The molecular weight excluding hydrogens is 918 g/mol. The Morgan fingerprint density at radius 3 is 1.47 bits per heavy atom. The Balaban J connectivity index is 1.20. The first-order valence-corrected chi connectivity index (χ1v) is 27.7. The van der Waals surface area contributed by atoms with Gasteiger partial charge in [-0.05, 0) is 174 Å². The van der Waals surface area contributed by atoms with Crippen LogP contribution in [-0.4, -0.2) is 6.71 Å². The van der Waals surface area contributed by atoms with Crippen molar-refractivity contribution >= 4 is 74.3 Å². The molecule has 0 unspecified atom stereocenters. The molecule has 3 nitrogen and oxygen atoms in total. The van der Waals surface area contributed by atoms with E-state index in [1.54, 1.807) is 0 Å². The molecule has 0 spiro atoms. The van der Waals surface area contributed by atoms with Crippen LogP contribution in [0.15, 0.2) is 200 Å². The van der Waals surface area contributed by atoms with Gasteiger partial charge in [0.25, 0.3) is 6.71 Å². The predicted octanol–water partition coefficient (Wildman–Crippen LogP) is 17.8. The van der Waals surface area contributed by atoms with Gasteiger partial charge in [0, 0.05) is 45.4 Å². The zero-order valence-electron chi connectivity index (χ0n) is 46.4. The molecule has 0 radical (unpaired) electrons. The van der Waals surface area contributed by atoms with Gasteiger partial charge in [-0.1, -0.05) is 204 Å². The molecule has 2 aliphatic carbocycles. The van der Waals surface area contributed by atoms with E-state index in [4.69, 9.17) is 0 Å². The Labute approximate surface area is 453 Å². The molecule has 2 aliphatic heterocycles. The van der Waals surface area contributed by atoms with Gasteiger partial charge in [0.1, 0.15) is 0 Å². The molecule has 76 heavy (non-hydrogen) atoms. The number of para-hydroxylation sites is 2. The Kier molecular flexibility index (Phi) is 10.7. The topological polar surface area (TPSA) is 9.72 Å². The first kappa shape index (κ1) is 48.1. The van der Waals surface area contributed by atoms with Crippen molar-refractivity contribution in [3.05, 3.63) is 228 Å². The fourth-order valence-corrected chi connectivity index (χ4v) is 14.7. The van der Waals surface area contributed by atoms with Crippen molar-refractivity contribution < 1.29 is 0 Å². The summed E-state index contributed by atoms with van der Waals surface area (Å²) in [6, 6.07) is 76.4. The van der Waals surface area contributed by atoms with Crippen molar-refractivity contribution in [2.24, 2.45) is 0 Å². The highest BCUT2D eigenvalue weighted by molar-refractivity contribution is 7.00. The predicted molar refractivity (Wildman–Crippen MR) is 326 cm³/mol. The molecule has 376 valence electrons. The van der Waals surface area contributed by atoms with Crippen LogP contribution in [0.2, 0.25) is 0 Å². The third-order valence-electron chi connectivity index (χ3n) is 17.7. The second-order valence-corrected chi connectivity index (χ2v) is 26.1. The summed E-state index contributed by atoms with van der Waals surface area (Å²) in [5, 5.41) is 0. The summed E-state index contributed by atoms with van der Waals surface area (Å²) in [6.45, 7) is 26.6. The van der Waals surface area contributed by atoms with Crippen LogP contribution in [0.3, 0.4) is 0 Å². The minimum absolute atomic E-state index is 0.00446. The van der Waals surface area contributed by atoms with Crippen molar-refractivity contribution in [1.82, 2.24) is 0 Å². The molecule has 4 aliphatic rings. The van der Waals surface area contributed by atoms with Crippen molar-refractivity contribution in [1.29, 1.82) is 0 Å². The summed E-state index contributed by atoms with van der Waals surface area (Å²) in [5.74, 6) is 0. The van der Waals surface area contributed by atoms with Gasteiger partial charge in [0.05, 0.1) is 11.4 Å². The van der Waals surface area contributed by atoms with E-state index < -0.39 is 0 Å². The van der Waals surface area contributed by atoms with Gasteiger partial charge in [-0.15, -0.1) is 0 Å². The number of hydrogen-bond acceptors (Lipinski definition) is 3. The molecule has 9 aromatic rings. The first-order valence-electron chi connectivity index (χ1n) is 27.7. The quantitative estimate of drug-likeness (QED) is 0.147. The van der Waals surface area contributed by atoms with Crippen LogP contribution < -0.4 is 31.1 Å². The van der Waals surface area contributed by atoms with Gasteiger partial charge < -0.3 is 14.7 Å². The zero-order valence-corrected chi connectivity index (χ0v) is 46.4. The molecular formula is C72H70BN3. The molecule has 0 amide bonds. The minimum atomic E-state index is -0.0780. The Bertz CT molecular complexity index is 3710. The standard InChI is InChI=1S/C72H70BN3/c1-68(2,3)50-33-37-62(55(39-50)48-26-18-13-19-27-48)76-63-36-32-49(47-24-16-12-17-25-47)38-60(63)73-61-43-58-59(72(10,11)46-71(58,8)9)44-64(61)75(53-34-35-56-57(40-53)70(6,7)45-69(56,4)5)65-41-54(42-66(76)67(65)73)74(51-28-20-14-21-29-51)52-30-22-15-23-31-52/h12-44H,45-46H2,1-11H3. The summed E-state index contributed by atoms with van der Waals surface area (Å²) >= 11 is 0. The van der Waals surface area contributed by atoms with E-state index in [9.17, 15) is 0 Å². The van der Waals surface area contributed by atoms with Crippen molar-refractivity contribution in [3.63, 3.8) is 0 Å². The first-order chi connectivity index (χ1) is 36.3. The number of rotatable bonds is 7. The van der Waals surface area contributed by atoms with E-state index in [-0.39, 0.29) is 33.8 Å².